The molecule has 1 aromatic heterocycles. The molecule has 148 valence electrons. The van der Waals surface area contributed by atoms with Gasteiger partial charge in [0.1, 0.15) is 18.1 Å². The smallest absolute Gasteiger partial charge is 0.129 e. The molecule has 0 bridgehead atoms. The van der Waals surface area contributed by atoms with Crippen molar-refractivity contribution in [3.8, 4) is 5.75 Å². The predicted molar refractivity (Wildman–Crippen MR) is 108 cm³/mol. The molecule has 0 spiro atoms. The van der Waals surface area contributed by atoms with Crippen LogP contribution < -0.4 is 4.74 Å². The summed E-state index contributed by atoms with van der Waals surface area (Å²) >= 11 is 0. The predicted octanol–water partition coefficient (Wildman–Crippen LogP) is 3.87. The molecule has 0 aliphatic rings. The number of furan rings is 1. The SMILES string of the molecule is COc1ccccc1CN(Cc1ccccc1)C[C@H](O)COCc1ccco1. The van der Waals surface area contributed by atoms with E-state index in [1.54, 1.807) is 13.4 Å². The van der Waals surface area contributed by atoms with Crippen LogP contribution in [-0.2, 0) is 24.4 Å². The van der Waals surface area contributed by atoms with Gasteiger partial charge in [-0.05, 0) is 23.8 Å². The quantitative estimate of drug-likeness (QED) is 0.546. The fourth-order valence-corrected chi connectivity index (χ4v) is 3.14. The van der Waals surface area contributed by atoms with Crippen molar-refractivity contribution in [3.05, 3.63) is 89.9 Å². The summed E-state index contributed by atoms with van der Waals surface area (Å²) in [5.74, 6) is 1.60. The molecular weight excluding hydrogens is 354 g/mol. The highest BCUT2D eigenvalue weighted by molar-refractivity contribution is 5.33. The number of benzene rings is 2. The lowest BCUT2D eigenvalue weighted by atomic mass is 10.1. The molecule has 3 aromatic rings. The number of rotatable bonds is 11. The van der Waals surface area contributed by atoms with Crippen LogP contribution in [0.25, 0.3) is 0 Å². The summed E-state index contributed by atoms with van der Waals surface area (Å²) in [6.45, 7) is 2.50. The number of aliphatic hydroxyl groups excluding tert-OH is 1. The van der Waals surface area contributed by atoms with E-state index < -0.39 is 6.10 Å². The number of aliphatic hydroxyl groups is 1. The highest BCUT2D eigenvalue weighted by Crippen LogP contribution is 2.20. The molecule has 0 radical (unpaired) electrons. The van der Waals surface area contributed by atoms with Crippen LogP contribution in [0.3, 0.4) is 0 Å². The zero-order valence-electron chi connectivity index (χ0n) is 16.2. The van der Waals surface area contributed by atoms with Gasteiger partial charge in [0, 0.05) is 25.2 Å². The maximum absolute atomic E-state index is 10.5. The van der Waals surface area contributed by atoms with Gasteiger partial charge < -0.3 is 19.0 Å². The third kappa shape index (κ3) is 6.23. The Kier molecular flexibility index (Phi) is 7.67. The number of ether oxygens (including phenoxy) is 2. The van der Waals surface area contributed by atoms with Crippen LogP contribution >= 0.6 is 0 Å². The zero-order valence-corrected chi connectivity index (χ0v) is 16.2. The maximum Gasteiger partial charge on any atom is 0.129 e. The van der Waals surface area contributed by atoms with Gasteiger partial charge in [-0.25, -0.2) is 0 Å². The second-order valence-corrected chi connectivity index (χ2v) is 6.72. The van der Waals surface area contributed by atoms with Crippen molar-refractivity contribution < 1.29 is 19.0 Å². The van der Waals surface area contributed by atoms with E-state index in [9.17, 15) is 5.11 Å². The first kappa shape index (κ1) is 20.1. The average Bonchev–Trinajstić information content (AvgIpc) is 3.22. The summed E-state index contributed by atoms with van der Waals surface area (Å²) in [5, 5.41) is 10.5. The largest absolute Gasteiger partial charge is 0.496 e. The van der Waals surface area contributed by atoms with Crippen molar-refractivity contribution in [3.63, 3.8) is 0 Å². The monoisotopic (exact) mass is 381 g/mol. The van der Waals surface area contributed by atoms with Crippen molar-refractivity contribution in [2.45, 2.75) is 25.8 Å². The Morgan fingerprint density at radius 2 is 1.75 bits per heavy atom. The Labute approximate surface area is 166 Å². The lowest BCUT2D eigenvalue weighted by Gasteiger charge is -2.26. The lowest BCUT2D eigenvalue weighted by molar-refractivity contribution is 0.00244. The van der Waals surface area contributed by atoms with Gasteiger partial charge in [-0.2, -0.15) is 0 Å². The molecule has 0 aliphatic heterocycles. The molecule has 28 heavy (non-hydrogen) atoms. The first-order chi connectivity index (χ1) is 13.7. The second-order valence-electron chi connectivity index (χ2n) is 6.72. The summed E-state index contributed by atoms with van der Waals surface area (Å²) in [6.07, 6.45) is 1.01. The fraction of sp³-hybridized carbons (Fsp3) is 0.304. The van der Waals surface area contributed by atoms with Crippen molar-refractivity contribution in [1.82, 2.24) is 4.90 Å². The van der Waals surface area contributed by atoms with E-state index in [4.69, 9.17) is 13.9 Å². The molecule has 0 saturated carbocycles. The molecule has 5 nitrogen and oxygen atoms in total. The van der Waals surface area contributed by atoms with Crippen molar-refractivity contribution in [2.24, 2.45) is 0 Å². The van der Waals surface area contributed by atoms with E-state index in [-0.39, 0.29) is 6.61 Å². The van der Waals surface area contributed by atoms with Crippen molar-refractivity contribution >= 4 is 0 Å². The number of hydrogen-bond donors (Lipinski definition) is 1. The third-order valence-corrected chi connectivity index (χ3v) is 4.44. The van der Waals surface area contributed by atoms with Crippen LogP contribution in [0.1, 0.15) is 16.9 Å². The van der Waals surface area contributed by atoms with Crippen LogP contribution in [-0.4, -0.2) is 36.4 Å². The van der Waals surface area contributed by atoms with Crippen molar-refractivity contribution in [2.75, 3.05) is 20.3 Å². The minimum absolute atomic E-state index is 0.248. The summed E-state index contributed by atoms with van der Waals surface area (Å²) < 4.78 is 16.3. The Morgan fingerprint density at radius 3 is 2.50 bits per heavy atom. The first-order valence-corrected chi connectivity index (χ1v) is 9.41. The van der Waals surface area contributed by atoms with Gasteiger partial charge in [0.25, 0.3) is 0 Å². The third-order valence-electron chi connectivity index (χ3n) is 4.44. The van der Waals surface area contributed by atoms with Crippen LogP contribution in [0.4, 0.5) is 0 Å². The Balaban J connectivity index is 1.61. The number of para-hydroxylation sites is 1. The van der Waals surface area contributed by atoms with Gasteiger partial charge in [-0.3, -0.25) is 4.90 Å². The van der Waals surface area contributed by atoms with Gasteiger partial charge >= 0.3 is 0 Å². The molecular formula is C23H27NO4. The summed E-state index contributed by atoms with van der Waals surface area (Å²) in [6, 6.07) is 21.9. The molecule has 5 heteroatoms. The van der Waals surface area contributed by atoms with E-state index in [0.717, 1.165) is 23.6 Å². The first-order valence-electron chi connectivity index (χ1n) is 9.41. The Morgan fingerprint density at radius 1 is 0.964 bits per heavy atom. The van der Waals surface area contributed by atoms with Crippen LogP contribution in [0.2, 0.25) is 0 Å². The molecule has 1 N–H and O–H groups in total. The summed E-state index contributed by atoms with van der Waals surface area (Å²) in [4.78, 5) is 2.20. The van der Waals surface area contributed by atoms with E-state index in [2.05, 4.69) is 23.1 Å². The number of nitrogens with zero attached hydrogens (tertiary/aromatic N) is 1. The topological polar surface area (TPSA) is 55.1 Å². The van der Waals surface area contributed by atoms with Crippen LogP contribution in [0, 0.1) is 0 Å². The molecule has 2 aromatic carbocycles. The van der Waals surface area contributed by atoms with Crippen molar-refractivity contribution in [1.29, 1.82) is 0 Å². The summed E-state index contributed by atoms with van der Waals surface area (Å²) in [7, 11) is 1.68. The standard InChI is InChI=1S/C23H27NO4/c1-26-23-12-6-5-10-20(23)15-24(14-19-8-3-2-4-9-19)16-21(25)17-27-18-22-11-7-13-28-22/h2-13,21,25H,14-18H2,1H3/t21-/m0/s1. The fourth-order valence-electron chi connectivity index (χ4n) is 3.14. The average molecular weight is 381 g/mol. The summed E-state index contributed by atoms with van der Waals surface area (Å²) in [5.41, 5.74) is 2.28. The number of methoxy groups -OCH3 is 1. The van der Waals surface area contributed by atoms with E-state index in [1.165, 1.54) is 5.56 Å². The van der Waals surface area contributed by atoms with E-state index in [0.29, 0.717) is 19.7 Å². The normalized spacial score (nSPS) is 12.2. The van der Waals surface area contributed by atoms with Gasteiger partial charge in [0.15, 0.2) is 0 Å². The molecule has 0 unspecified atom stereocenters. The molecule has 0 fully saturated rings. The minimum Gasteiger partial charge on any atom is -0.496 e. The molecule has 1 heterocycles. The van der Waals surface area contributed by atoms with Gasteiger partial charge in [-0.15, -0.1) is 0 Å². The zero-order chi connectivity index (χ0) is 19.6. The van der Waals surface area contributed by atoms with Crippen LogP contribution in [0.15, 0.2) is 77.4 Å². The molecule has 0 aliphatic carbocycles. The molecule has 0 amide bonds. The highest BCUT2D eigenvalue weighted by Gasteiger charge is 2.15. The number of hydrogen-bond acceptors (Lipinski definition) is 5. The minimum atomic E-state index is -0.603. The van der Waals surface area contributed by atoms with Gasteiger partial charge in [0.05, 0.1) is 26.1 Å². The highest BCUT2D eigenvalue weighted by atomic mass is 16.5. The Bertz CT molecular complexity index is 804. The molecule has 0 saturated heterocycles. The Hall–Kier alpha value is -2.60. The van der Waals surface area contributed by atoms with Gasteiger partial charge in [0.2, 0.25) is 0 Å². The van der Waals surface area contributed by atoms with Crippen LogP contribution in [0.5, 0.6) is 5.75 Å². The van der Waals surface area contributed by atoms with Gasteiger partial charge in [-0.1, -0.05) is 48.5 Å². The van der Waals surface area contributed by atoms with E-state index >= 15 is 0 Å². The lowest BCUT2D eigenvalue weighted by Crippen LogP contribution is -2.34. The second kappa shape index (κ2) is 10.7. The molecule has 1 atom stereocenters. The maximum atomic E-state index is 10.5. The molecule has 3 rings (SSSR count). The van der Waals surface area contributed by atoms with E-state index in [1.807, 2.05) is 48.5 Å².